The van der Waals surface area contributed by atoms with E-state index in [1.165, 1.54) is 10.7 Å². The molecule has 22 heavy (non-hydrogen) atoms. The van der Waals surface area contributed by atoms with E-state index in [0.29, 0.717) is 16.4 Å². The topological polar surface area (TPSA) is 54.5 Å². The van der Waals surface area contributed by atoms with Gasteiger partial charge in [-0.3, -0.25) is 0 Å². The van der Waals surface area contributed by atoms with Gasteiger partial charge in [0.15, 0.2) is 5.69 Å². The van der Waals surface area contributed by atoms with Crippen molar-refractivity contribution >= 4 is 11.6 Å². The minimum absolute atomic E-state index is 0.0597. The van der Waals surface area contributed by atoms with Crippen molar-refractivity contribution < 1.29 is 4.39 Å². The smallest absolute Gasteiger partial charge is 0.191 e. The lowest BCUT2D eigenvalue weighted by Crippen LogP contribution is -2.03. The molecule has 0 aliphatic rings. The van der Waals surface area contributed by atoms with Crippen molar-refractivity contribution in [2.75, 3.05) is 0 Å². The van der Waals surface area contributed by atoms with E-state index < -0.39 is 5.82 Å². The molecule has 0 aliphatic carbocycles. The van der Waals surface area contributed by atoms with E-state index in [2.05, 4.69) is 10.3 Å². The third-order valence-electron chi connectivity index (χ3n) is 3.30. The summed E-state index contributed by atoms with van der Waals surface area (Å²) in [7, 11) is 0. The molecular formula is C16H10ClFN4. The Morgan fingerprint density at radius 1 is 1.23 bits per heavy atom. The number of aryl methyl sites for hydroxylation is 1. The van der Waals surface area contributed by atoms with Gasteiger partial charge in [0.1, 0.15) is 17.6 Å². The normalized spacial score (nSPS) is 10.5. The maximum absolute atomic E-state index is 14.1. The van der Waals surface area contributed by atoms with Crippen molar-refractivity contribution in [1.29, 1.82) is 5.26 Å². The van der Waals surface area contributed by atoms with E-state index >= 15 is 0 Å². The van der Waals surface area contributed by atoms with Crippen molar-refractivity contribution in [2.24, 2.45) is 0 Å². The molecular weight excluding hydrogens is 303 g/mol. The summed E-state index contributed by atoms with van der Waals surface area (Å²) in [5.74, 6) is -0.442. The van der Waals surface area contributed by atoms with E-state index in [1.807, 2.05) is 19.1 Å². The van der Waals surface area contributed by atoms with Gasteiger partial charge in [-0.05, 0) is 36.8 Å². The van der Waals surface area contributed by atoms with E-state index in [-0.39, 0.29) is 11.3 Å². The molecule has 0 aliphatic heterocycles. The summed E-state index contributed by atoms with van der Waals surface area (Å²) in [5, 5.41) is 17.6. The van der Waals surface area contributed by atoms with Gasteiger partial charge in [-0.15, -0.1) is 5.10 Å². The number of benzene rings is 2. The molecule has 0 amide bonds. The van der Waals surface area contributed by atoms with Crippen LogP contribution >= 0.6 is 11.6 Å². The molecule has 6 heteroatoms. The van der Waals surface area contributed by atoms with Crippen LogP contribution in [0.5, 0.6) is 0 Å². The Morgan fingerprint density at radius 2 is 2.00 bits per heavy atom. The summed E-state index contributed by atoms with van der Waals surface area (Å²) < 4.78 is 15.6. The number of hydrogen-bond donors (Lipinski definition) is 0. The number of aromatic nitrogens is 3. The number of rotatable bonds is 2. The maximum atomic E-state index is 14.1. The summed E-state index contributed by atoms with van der Waals surface area (Å²) >= 11 is 6.04. The van der Waals surface area contributed by atoms with Crippen LogP contribution in [0.15, 0.2) is 42.5 Å². The number of nitrogens with zero attached hydrogens (tertiary/aromatic N) is 4. The SMILES string of the molecule is Cc1ccc(Cl)cc1-n1nnc(C#N)c1-c1ccccc1F. The lowest BCUT2D eigenvalue weighted by molar-refractivity contribution is 0.629. The second-order valence-electron chi connectivity index (χ2n) is 4.72. The van der Waals surface area contributed by atoms with Crippen LogP contribution in [0.2, 0.25) is 5.02 Å². The first-order valence-electron chi connectivity index (χ1n) is 6.49. The van der Waals surface area contributed by atoms with Crippen LogP contribution < -0.4 is 0 Å². The van der Waals surface area contributed by atoms with Gasteiger partial charge in [-0.2, -0.15) is 5.26 Å². The van der Waals surface area contributed by atoms with Crippen LogP contribution in [0.3, 0.4) is 0 Å². The monoisotopic (exact) mass is 312 g/mol. The maximum Gasteiger partial charge on any atom is 0.191 e. The van der Waals surface area contributed by atoms with Crippen LogP contribution in [-0.4, -0.2) is 15.0 Å². The van der Waals surface area contributed by atoms with Crippen molar-refractivity contribution in [1.82, 2.24) is 15.0 Å². The third-order valence-corrected chi connectivity index (χ3v) is 3.54. The highest BCUT2D eigenvalue weighted by Gasteiger charge is 2.20. The summed E-state index contributed by atoms with van der Waals surface area (Å²) in [4.78, 5) is 0. The summed E-state index contributed by atoms with van der Waals surface area (Å²) in [6, 6.07) is 13.4. The number of halogens is 2. The van der Waals surface area contributed by atoms with Crippen molar-refractivity contribution in [3.63, 3.8) is 0 Å². The number of hydrogen-bond acceptors (Lipinski definition) is 3. The quantitative estimate of drug-likeness (QED) is 0.721. The molecule has 0 N–H and O–H groups in total. The highest BCUT2D eigenvalue weighted by Crippen LogP contribution is 2.29. The van der Waals surface area contributed by atoms with Crippen molar-refractivity contribution in [3.05, 3.63) is 64.6 Å². The molecule has 4 nitrogen and oxygen atoms in total. The Balaban J connectivity index is 2.32. The fraction of sp³-hybridized carbons (Fsp3) is 0.0625. The van der Waals surface area contributed by atoms with E-state index in [1.54, 1.807) is 30.3 Å². The standard InChI is InChI=1S/C16H10ClFN4/c1-10-6-7-11(17)8-15(10)22-16(14(9-19)20-21-22)12-4-2-3-5-13(12)18/h2-8H,1H3. The third kappa shape index (κ3) is 2.34. The second kappa shape index (κ2) is 5.58. The van der Waals surface area contributed by atoms with Gasteiger partial charge in [0.25, 0.3) is 0 Å². The molecule has 0 spiro atoms. The Hall–Kier alpha value is -2.71. The molecule has 3 rings (SSSR count). The molecule has 0 radical (unpaired) electrons. The average molecular weight is 313 g/mol. The van der Waals surface area contributed by atoms with Gasteiger partial charge in [0.2, 0.25) is 0 Å². The van der Waals surface area contributed by atoms with Crippen molar-refractivity contribution in [2.45, 2.75) is 6.92 Å². The van der Waals surface area contributed by atoms with Gasteiger partial charge < -0.3 is 0 Å². The molecule has 3 aromatic rings. The zero-order valence-corrected chi connectivity index (χ0v) is 12.3. The van der Waals surface area contributed by atoms with E-state index in [4.69, 9.17) is 11.6 Å². The fourth-order valence-electron chi connectivity index (χ4n) is 2.23. The Labute approximate surface area is 131 Å². The first-order valence-corrected chi connectivity index (χ1v) is 6.87. The highest BCUT2D eigenvalue weighted by atomic mass is 35.5. The molecule has 0 bridgehead atoms. The van der Waals surface area contributed by atoms with Crippen molar-refractivity contribution in [3.8, 4) is 23.0 Å². The minimum Gasteiger partial charge on any atom is -0.211 e. The first kappa shape index (κ1) is 14.2. The largest absolute Gasteiger partial charge is 0.211 e. The molecule has 0 unspecified atom stereocenters. The zero-order valence-electron chi connectivity index (χ0n) is 11.6. The van der Waals surface area contributed by atoms with Crippen LogP contribution in [-0.2, 0) is 0 Å². The summed E-state index contributed by atoms with van der Waals surface area (Å²) in [6.45, 7) is 1.88. The van der Waals surface area contributed by atoms with Gasteiger partial charge in [-0.25, -0.2) is 9.07 Å². The van der Waals surface area contributed by atoms with Crippen LogP contribution in [0.4, 0.5) is 4.39 Å². The van der Waals surface area contributed by atoms with Gasteiger partial charge in [0, 0.05) is 10.6 Å². The molecule has 2 aromatic carbocycles. The van der Waals surface area contributed by atoms with E-state index in [0.717, 1.165) is 5.56 Å². The van der Waals surface area contributed by atoms with Gasteiger partial charge >= 0.3 is 0 Å². The Morgan fingerprint density at radius 3 is 2.73 bits per heavy atom. The van der Waals surface area contributed by atoms with Crippen LogP contribution in [0, 0.1) is 24.1 Å². The molecule has 1 heterocycles. The minimum atomic E-state index is -0.442. The van der Waals surface area contributed by atoms with Gasteiger partial charge in [-0.1, -0.05) is 35.0 Å². The molecule has 0 saturated carbocycles. The zero-order chi connectivity index (χ0) is 15.7. The first-order chi connectivity index (χ1) is 10.6. The molecule has 1 aromatic heterocycles. The number of nitriles is 1. The Bertz CT molecular complexity index is 895. The summed E-state index contributed by atoms with van der Waals surface area (Å²) in [6.07, 6.45) is 0. The lowest BCUT2D eigenvalue weighted by Gasteiger charge is -2.10. The molecule has 0 saturated heterocycles. The summed E-state index contributed by atoms with van der Waals surface area (Å²) in [5.41, 5.74) is 2.18. The lowest BCUT2D eigenvalue weighted by atomic mass is 10.1. The highest BCUT2D eigenvalue weighted by molar-refractivity contribution is 6.30. The average Bonchev–Trinajstić information content (AvgIpc) is 2.93. The van der Waals surface area contributed by atoms with Crippen LogP contribution in [0.1, 0.15) is 11.3 Å². The van der Waals surface area contributed by atoms with Crippen LogP contribution in [0.25, 0.3) is 16.9 Å². The predicted molar refractivity (Wildman–Crippen MR) is 81.2 cm³/mol. The second-order valence-corrected chi connectivity index (χ2v) is 5.16. The predicted octanol–water partition coefficient (Wildman–Crippen LogP) is 3.91. The molecule has 0 atom stereocenters. The van der Waals surface area contributed by atoms with E-state index in [9.17, 15) is 9.65 Å². The fourth-order valence-corrected chi connectivity index (χ4v) is 2.40. The molecule has 108 valence electrons. The van der Waals surface area contributed by atoms with Gasteiger partial charge in [0.05, 0.1) is 5.69 Å². The Kier molecular flexibility index (Phi) is 3.61. The molecule has 0 fully saturated rings.